The van der Waals surface area contributed by atoms with Gasteiger partial charge >= 0.3 is 0 Å². The van der Waals surface area contributed by atoms with Gasteiger partial charge in [-0.2, -0.15) is 0 Å². The molecule has 0 amide bonds. The minimum absolute atomic E-state index is 0.672. The van der Waals surface area contributed by atoms with Gasteiger partial charge in [-0.15, -0.1) is 10.2 Å². The summed E-state index contributed by atoms with van der Waals surface area (Å²) in [6.07, 6.45) is 2.72. The largest absolute Gasteiger partial charge is 0.312 e. The molecule has 5 rings (SSSR count). The Hall–Kier alpha value is -3.06. The van der Waals surface area contributed by atoms with Crippen LogP contribution in [0.2, 0.25) is 5.02 Å². The molecule has 0 N–H and O–H groups in total. The fourth-order valence-electron chi connectivity index (χ4n) is 4.14. The third-order valence-electron chi connectivity index (χ3n) is 5.97. The molecule has 0 saturated carbocycles. The van der Waals surface area contributed by atoms with Crippen LogP contribution >= 0.6 is 27.5 Å². The molecule has 0 radical (unpaired) electrons. The average Bonchev–Trinajstić information content (AvgIpc) is 3.29. The lowest BCUT2D eigenvalue weighted by atomic mass is 10.1. The number of hydrogen-bond donors (Lipinski definition) is 0. The molecule has 0 atom stereocenters. The highest BCUT2D eigenvalue weighted by molar-refractivity contribution is 9.10. The van der Waals surface area contributed by atoms with E-state index in [0.717, 1.165) is 57.0 Å². The van der Waals surface area contributed by atoms with Crippen molar-refractivity contribution in [2.75, 3.05) is 6.54 Å². The van der Waals surface area contributed by atoms with Crippen LogP contribution in [0.4, 0.5) is 0 Å². The Balaban J connectivity index is 1.36. The Morgan fingerprint density at radius 1 is 0.857 bits per heavy atom. The van der Waals surface area contributed by atoms with Crippen molar-refractivity contribution in [3.63, 3.8) is 0 Å². The number of nitrogens with zero attached hydrogens (tertiary/aromatic N) is 5. The summed E-state index contributed by atoms with van der Waals surface area (Å²) >= 11 is 9.72. The van der Waals surface area contributed by atoms with Crippen molar-refractivity contribution in [2.45, 2.75) is 26.1 Å². The van der Waals surface area contributed by atoms with E-state index in [4.69, 9.17) is 16.6 Å². The van der Waals surface area contributed by atoms with Crippen molar-refractivity contribution in [3.05, 3.63) is 123 Å². The van der Waals surface area contributed by atoms with Gasteiger partial charge in [0.15, 0.2) is 0 Å². The third kappa shape index (κ3) is 6.34. The Morgan fingerprint density at radius 2 is 1.71 bits per heavy atom. The Kier molecular flexibility index (Phi) is 7.52. The van der Waals surface area contributed by atoms with Gasteiger partial charge in [0.1, 0.15) is 12.2 Å². The van der Waals surface area contributed by atoms with E-state index in [1.807, 2.05) is 30.3 Å². The lowest BCUT2D eigenvalue weighted by Gasteiger charge is -2.22. The standard InChI is InChI=1S/C28H25BrClN5/c29-24-11-8-21(9-12-24)14-15-34(18-26-13-10-23-5-1-2-7-27(23)32-26)19-28-33-31-20-35(28)17-22-4-3-6-25(30)16-22/h1-13,16,20H,14-15,17-19H2. The van der Waals surface area contributed by atoms with Gasteiger partial charge < -0.3 is 4.57 Å². The predicted octanol–water partition coefficient (Wildman–Crippen LogP) is 6.54. The van der Waals surface area contributed by atoms with Gasteiger partial charge in [0.25, 0.3) is 0 Å². The van der Waals surface area contributed by atoms with Crippen molar-refractivity contribution in [1.29, 1.82) is 0 Å². The number of benzene rings is 3. The molecule has 5 aromatic rings. The molecule has 0 unspecified atom stereocenters. The summed E-state index contributed by atoms with van der Waals surface area (Å²) < 4.78 is 3.18. The maximum atomic E-state index is 6.19. The number of para-hydroxylation sites is 1. The Morgan fingerprint density at radius 3 is 2.57 bits per heavy atom. The van der Waals surface area contributed by atoms with Gasteiger partial charge in [-0.25, -0.2) is 0 Å². The average molecular weight is 547 g/mol. The summed E-state index contributed by atoms with van der Waals surface area (Å²) in [6.45, 7) is 2.95. The van der Waals surface area contributed by atoms with Gasteiger partial charge in [-0.1, -0.05) is 76.1 Å². The summed E-state index contributed by atoms with van der Waals surface area (Å²) in [5, 5.41) is 10.5. The number of pyridine rings is 1. The lowest BCUT2D eigenvalue weighted by molar-refractivity contribution is 0.247. The second-order valence-corrected chi connectivity index (χ2v) is 9.94. The second kappa shape index (κ2) is 11.1. The van der Waals surface area contributed by atoms with Gasteiger partial charge in [-0.05, 0) is 53.9 Å². The van der Waals surface area contributed by atoms with Crippen LogP contribution in [0.15, 0.2) is 95.7 Å². The maximum Gasteiger partial charge on any atom is 0.147 e. The molecule has 0 fully saturated rings. The zero-order valence-electron chi connectivity index (χ0n) is 19.2. The molecule has 2 heterocycles. The summed E-state index contributed by atoms with van der Waals surface area (Å²) in [7, 11) is 0. The van der Waals surface area contributed by atoms with E-state index in [9.17, 15) is 0 Å². The number of fused-ring (bicyclic) bond motifs is 1. The summed E-state index contributed by atoms with van der Waals surface area (Å²) in [4.78, 5) is 7.29. The lowest BCUT2D eigenvalue weighted by Crippen LogP contribution is -2.27. The van der Waals surface area contributed by atoms with Crippen LogP contribution in [0.25, 0.3) is 10.9 Å². The number of aromatic nitrogens is 4. The highest BCUT2D eigenvalue weighted by Crippen LogP contribution is 2.17. The smallest absolute Gasteiger partial charge is 0.147 e. The van der Waals surface area contributed by atoms with E-state index in [1.165, 1.54) is 5.56 Å². The van der Waals surface area contributed by atoms with Crippen LogP contribution in [-0.2, 0) is 26.1 Å². The van der Waals surface area contributed by atoms with Crippen LogP contribution in [0.1, 0.15) is 22.6 Å². The van der Waals surface area contributed by atoms with E-state index in [0.29, 0.717) is 13.1 Å². The van der Waals surface area contributed by atoms with Gasteiger partial charge in [0, 0.05) is 28.0 Å². The Bertz CT molecular complexity index is 1420. The van der Waals surface area contributed by atoms with E-state index >= 15 is 0 Å². The topological polar surface area (TPSA) is 46.8 Å². The first-order valence-corrected chi connectivity index (χ1v) is 12.7. The van der Waals surface area contributed by atoms with Gasteiger partial charge in [-0.3, -0.25) is 9.88 Å². The molecule has 2 aromatic heterocycles. The molecule has 5 nitrogen and oxygen atoms in total. The number of hydrogen-bond acceptors (Lipinski definition) is 4. The minimum Gasteiger partial charge on any atom is -0.312 e. The Labute approximate surface area is 218 Å². The quantitative estimate of drug-likeness (QED) is 0.211. The van der Waals surface area contributed by atoms with E-state index in [2.05, 4.69) is 90.2 Å². The first-order valence-electron chi connectivity index (χ1n) is 11.5. The van der Waals surface area contributed by atoms with Crippen molar-refractivity contribution < 1.29 is 0 Å². The molecule has 35 heavy (non-hydrogen) atoms. The molecule has 0 aliphatic rings. The highest BCUT2D eigenvalue weighted by Gasteiger charge is 2.14. The highest BCUT2D eigenvalue weighted by atomic mass is 79.9. The summed E-state index contributed by atoms with van der Waals surface area (Å²) in [5.74, 6) is 0.918. The molecule has 0 aliphatic heterocycles. The van der Waals surface area contributed by atoms with E-state index < -0.39 is 0 Å². The zero-order chi connectivity index (χ0) is 24.0. The number of rotatable bonds is 9. The molecule has 0 aliphatic carbocycles. The molecular formula is C28H25BrClN5. The molecule has 0 spiro atoms. The minimum atomic E-state index is 0.672. The fourth-order valence-corrected chi connectivity index (χ4v) is 4.62. The molecule has 3 aromatic carbocycles. The molecule has 0 saturated heterocycles. The van der Waals surface area contributed by atoms with Gasteiger partial charge in [0.05, 0.1) is 24.3 Å². The molecule has 176 valence electrons. The maximum absolute atomic E-state index is 6.19. The first kappa shape index (κ1) is 23.7. The monoisotopic (exact) mass is 545 g/mol. The molecule has 0 bridgehead atoms. The van der Waals surface area contributed by atoms with Gasteiger partial charge in [0.2, 0.25) is 0 Å². The second-order valence-electron chi connectivity index (χ2n) is 8.59. The van der Waals surface area contributed by atoms with Crippen molar-refractivity contribution in [1.82, 2.24) is 24.6 Å². The molecular weight excluding hydrogens is 522 g/mol. The SMILES string of the molecule is Clc1cccc(Cn2cnnc2CN(CCc2ccc(Br)cc2)Cc2ccc3ccccc3n2)c1. The zero-order valence-corrected chi connectivity index (χ0v) is 21.5. The fraction of sp³-hybridized carbons (Fsp3) is 0.179. The van der Waals surface area contributed by atoms with E-state index in [1.54, 1.807) is 6.33 Å². The van der Waals surface area contributed by atoms with Crippen LogP contribution in [0, 0.1) is 0 Å². The van der Waals surface area contributed by atoms with Crippen molar-refractivity contribution in [2.24, 2.45) is 0 Å². The van der Waals surface area contributed by atoms with Crippen LogP contribution in [0.3, 0.4) is 0 Å². The normalized spacial score (nSPS) is 11.4. The number of halogens is 2. The van der Waals surface area contributed by atoms with Crippen molar-refractivity contribution >= 4 is 38.4 Å². The van der Waals surface area contributed by atoms with E-state index in [-0.39, 0.29) is 0 Å². The summed E-state index contributed by atoms with van der Waals surface area (Å²) in [6, 6.07) is 28.9. The van der Waals surface area contributed by atoms with Crippen LogP contribution in [0.5, 0.6) is 0 Å². The summed E-state index contributed by atoms with van der Waals surface area (Å²) in [5.41, 5.74) is 4.48. The molecule has 7 heteroatoms. The van der Waals surface area contributed by atoms with Crippen LogP contribution in [-0.4, -0.2) is 31.2 Å². The van der Waals surface area contributed by atoms with Crippen LogP contribution < -0.4 is 0 Å². The predicted molar refractivity (Wildman–Crippen MR) is 144 cm³/mol. The third-order valence-corrected chi connectivity index (χ3v) is 6.74. The van der Waals surface area contributed by atoms with Crippen molar-refractivity contribution in [3.8, 4) is 0 Å². The first-order chi connectivity index (χ1) is 17.1.